The smallest absolute Gasteiger partial charge is 0.340 e. The number of halogens is 1. The highest BCUT2D eigenvalue weighted by Gasteiger charge is 2.27. The molecule has 1 aliphatic carbocycles. The second-order valence-electron chi connectivity index (χ2n) is 7.12. The van der Waals surface area contributed by atoms with Crippen LogP contribution >= 0.6 is 11.6 Å². The maximum Gasteiger partial charge on any atom is 0.340 e. The first-order chi connectivity index (χ1) is 14.8. The Kier molecular flexibility index (Phi) is 5.78. The van der Waals surface area contributed by atoms with E-state index in [9.17, 15) is 13.2 Å². The van der Waals surface area contributed by atoms with Crippen LogP contribution in [0.3, 0.4) is 0 Å². The van der Waals surface area contributed by atoms with Gasteiger partial charge in [-0.1, -0.05) is 11.6 Å². The Balaban J connectivity index is 1.59. The number of hydrogen-bond acceptors (Lipinski definition) is 6. The fourth-order valence-electron chi connectivity index (χ4n) is 3.08. The van der Waals surface area contributed by atoms with E-state index in [4.69, 9.17) is 21.1 Å². The summed E-state index contributed by atoms with van der Waals surface area (Å²) in [6.45, 7) is 3.80. The highest BCUT2D eigenvalue weighted by atomic mass is 35.5. The maximum atomic E-state index is 12.2. The summed E-state index contributed by atoms with van der Waals surface area (Å²) >= 11 is 6.27. The van der Waals surface area contributed by atoms with E-state index >= 15 is 0 Å². The number of rotatable bonds is 8. The number of hydrogen-bond donors (Lipinski definition) is 2. The molecule has 31 heavy (non-hydrogen) atoms. The third-order valence-electron chi connectivity index (χ3n) is 4.70. The van der Waals surface area contributed by atoms with Crippen LogP contribution in [-0.4, -0.2) is 36.6 Å². The van der Waals surface area contributed by atoms with Gasteiger partial charge in [0.2, 0.25) is 0 Å². The molecule has 2 N–H and O–H groups in total. The Morgan fingerprint density at radius 1 is 1.32 bits per heavy atom. The lowest BCUT2D eigenvalue weighted by atomic mass is 10.2. The molecule has 9 nitrogen and oxygen atoms in total. The summed E-state index contributed by atoms with van der Waals surface area (Å²) in [5.74, 6) is 0.424. The minimum Gasteiger partial charge on any atom is -0.462 e. The van der Waals surface area contributed by atoms with Crippen molar-refractivity contribution in [3.8, 4) is 11.5 Å². The van der Waals surface area contributed by atoms with Crippen molar-refractivity contribution in [2.24, 2.45) is 0 Å². The molecule has 3 aromatic rings. The molecular weight excluding hydrogens is 444 g/mol. The fraction of sp³-hybridized carbons (Fsp3) is 0.300. The van der Waals surface area contributed by atoms with Gasteiger partial charge in [-0.15, -0.1) is 0 Å². The number of benzene rings is 1. The van der Waals surface area contributed by atoms with Crippen LogP contribution in [0.4, 0.5) is 5.69 Å². The Morgan fingerprint density at radius 2 is 2.10 bits per heavy atom. The van der Waals surface area contributed by atoms with Crippen LogP contribution in [0.5, 0.6) is 11.5 Å². The molecule has 0 radical (unpaired) electrons. The topological polar surface area (TPSA) is 111 Å². The largest absolute Gasteiger partial charge is 0.462 e. The molecule has 0 amide bonds. The summed E-state index contributed by atoms with van der Waals surface area (Å²) in [4.78, 5) is 12.2. The minimum atomic E-state index is -3.69. The number of carbonyl (C=O) groups excluding carboxylic acids is 1. The molecule has 1 fully saturated rings. The Hall–Kier alpha value is -2.82. The first kappa shape index (κ1) is 21.4. The number of anilines is 1. The first-order valence-corrected chi connectivity index (χ1v) is 11.5. The van der Waals surface area contributed by atoms with Crippen LogP contribution in [0.1, 0.15) is 35.7 Å². The Morgan fingerprint density at radius 3 is 2.77 bits per heavy atom. The molecule has 1 aliphatic rings. The molecular formula is C20H21ClN4O5S. The van der Waals surface area contributed by atoms with E-state index in [-0.39, 0.29) is 23.4 Å². The zero-order chi connectivity index (χ0) is 22.2. The van der Waals surface area contributed by atoms with Crippen LogP contribution in [-0.2, 0) is 14.9 Å². The number of carbonyl (C=O) groups is 1. The molecule has 1 saturated carbocycles. The van der Waals surface area contributed by atoms with Gasteiger partial charge in [-0.2, -0.15) is 18.2 Å². The van der Waals surface area contributed by atoms with E-state index in [1.54, 1.807) is 42.9 Å². The standard InChI is InChI=1S/C20H21ClN4O5S/c1-3-29-20(26)15-11-25-19(12(15)2)18(8-9-22-25)30-14-6-7-17(16(21)10-14)24-31(27,28)23-13-4-5-13/h6-11,13,23-24H,3-5H2,1-2H3. The lowest BCUT2D eigenvalue weighted by Gasteiger charge is -2.12. The van der Waals surface area contributed by atoms with E-state index in [0.717, 1.165) is 12.8 Å². The summed E-state index contributed by atoms with van der Waals surface area (Å²) in [5, 5.41) is 4.41. The number of aryl methyl sites for hydroxylation is 1. The Bertz CT molecular complexity index is 1250. The minimum absolute atomic E-state index is 0.0160. The van der Waals surface area contributed by atoms with E-state index < -0.39 is 16.2 Å². The van der Waals surface area contributed by atoms with Gasteiger partial charge in [-0.25, -0.2) is 9.31 Å². The highest BCUT2D eigenvalue weighted by Crippen LogP contribution is 2.34. The molecule has 11 heteroatoms. The maximum absolute atomic E-state index is 12.2. The number of fused-ring (bicyclic) bond motifs is 1. The fourth-order valence-corrected chi connectivity index (χ4v) is 4.56. The first-order valence-electron chi connectivity index (χ1n) is 9.69. The van der Waals surface area contributed by atoms with Gasteiger partial charge in [0, 0.05) is 24.4 Å². The van der Waals surface area contributed by atoms with Gasteiger partial charge in [0.15, 0.2) is 5.75 Å². The lowest BCUT2D eigenvalue weighted by Crippen LogP contribution is -2.31. The second-order valence-corrected chi connectivity index (χ2v) is 8.97. The normalized spacial score (nSPS) is 13.9. The highest BCUT2D eigenvalue weighted by molar-refractivity contribution is 7.90. The summed E-state index contributed by atoms with van der Waals surface area (Å²) in [7, 11) is -3.69. The molecule has 1 aromatic carbocycles. The van der Waals surface area contributed by atoms with Crippen LogP contribution in [0.2, 0.25) is 5.02 Å². The van der Waals surface area contributed by atoms with Crippen molar-refractivity contribution in [3.63, 3.8) is 0 Å². The predicted octanol–water partition coefficient (Wildman–Crippen LogP) is 3.67. The zero-order valence-corrected chi connectivity index (χ0v) is 18.5. The van der Waals surface area contributed by atoms with Gasteiger partial charge in [0.05, 0.1) is 29.1 Å². The zero-order valence-electron chi connectivity index (χ0n) is 16.9. The van der Waals surface area contributed by atoms with E-state index in [1.165, 1.54) is 12.1 Å². The molecule has 0 saturated heterocycles. The quantitative estimate of drug-likeness (QED) is 0.492. The molecule has 0 atom stereocenters. The van der Waals surface area contributed by atoms with E-state index in [1.807, 2.05) is 0 Å². The van der Waals surface area contributed by atoms with Crippen molar-refractivity contribution in [2.75, 3.05) is 11.3 Å². The number of nitrogens with zero attached hydrogens (tertiary/aromatic N) is 2. The molecule has 2 heterocycles. The molecule has 0 aliphatic heterocycles. The predicted molar refractivity (Wildman–Crippen MR) is 116 cm³/mol. The van der Waals surface area contributed by atoms with Crippen LogP contribution in [0, 0.1) is 6.92 Å². The van der Waals surface area contributed by atoms with E-state index in [2.05, 4.69) is 14.5 Å². The summed E-state index contributed by atoms with van der Waals surface area (Å²) in [6.07, 6.45) is 4.80. The molecule has 164 valence electrons. The molecule has 2 aromatic heterocycles. The summed E-state index contributed by atoms with van der Waals surface area (Å²) < 4.78 is 41.8. The van der Waals surface area contributed by atoms with Crippen molar-refractivity contribution < 1.29 is 22.7 Å². The van der Waals surface area contributed by atoms with Gasteiger partial charge in [-0.05, 0) is 44.4 Å². The summed E-state index contributed by atoms with van der Waals surface area (Å²) in [6, 6.07) is 6.29. The molecule has 0 unspecified atom stereocenters. The number of aromatic nitrogens is 2. The van der Waals surface area contributed by atoms with Crippen molar-refractivity contribution in [3.05, 3.63) is 52.8 Å². The average molecular weight is 465 g/mol. The van der Waals surface area contributed by atoms with Gasteiger partial charge in [0.25, 0.3) is 10.2 Å². The van der Waals surface area contributed by atoms with E-state index in [0.29, 0.717) is 28.1 Å². The SMILES string of the molecule is CCOC(=O)c1cn2nccc(Oc3ccc(NS(=O)(=O)NC4CC4)c(Cl)c3)c2c1C. The van der Waals surface area contributed by atoms with Crippen molar-refractivity contribution >= 4 is 39.0 Å². The van der Waals surface area contributed by atoms with Gasteiger partial charge in [-0.3, -0.25) is 4.72 Å². The third-order valence-corrected chi connectivity index (χ3v) is 6.14. The van der Waals surface area contributed by atoms with Crippen LogP contribution in [0.25, 0.3) is 5.52 Å². The molecule has 0 bridgehead atoms. The van der Waals surface area contributed by atoms with Crippen LogP contribution in [0.15, 0.2) is 36.7 Å². The second kappa shape index (κ2) is 8.37. The van der Waals surface area contributed by atoms with Gasteiger partial charge < -0.3 is 9.47 Å². The van der Waals surface area contributed by atoms with Crippen molar-refractivity contribution in [1.82, 2.24) is 14.3 Å². The number of esters is 1. The van der Waals surface area contributed by atoms with Gasteiger partial charge >= 0.3 is 5.97 Å². The van der Waals surface area contributed by atoms with Gasteiger partial charge in [0.1, 0.15) is 11.3 Å². The van der Waals surface area contributed by atoms with Crippen molar-refractivity contribution in [1.29, 1.82) is 0 Å². The summed E-state index contributed by atoms with van der Waals surface area (Å²) in [5.41, 5.74) is 1.92. The molecule has 4 rings (SSSR count). The Labute approximate surface area is 184 Å². The lowest BCUT2D eigenvalue weighted by molar-refractivity contribution is 0.0525. The monoisotopic (exact) mass is 464 g/mol. The van der Waals surface area contributed by atoms with Crippen molar-refractivity contribution in [2.45, 2.75) is 32.7 Å². The molecule has 0 spiro atoms. The number of ether oxygens (including phenoxy) is 2. The number of nitrogens with one attached hydrogen (secondary N) is 2. The third kappa shape index (κ3) is 4.76. The van der Waals surface area contributed by atoms with Crippen LogP contribution < -0.4 is 14.2 Å². The average Bonchev–Trinajstić information content (AvgIpc) is 3.44.